The molecule has 10 heteroatoms. The lowest BCUT2D eigenvalue weighted by Crippen LogP contribution is -2.62. The summed E-state index contributed by atoms with van der Waals surface area (Å²) in [5.74, 6) is -2.34. The van der Waals surface area contributed by atoms with Crippen LogP contribution in [0.5, 0.6) is 0 Å². The maximum atomic E-state index is 14.2. The molecule has 1 heterocycles. The van der Waals surface area contributed by atoms with Crippen LogP contribution in [0.25, 0.3) is 0 Å². The monoisotopic (exact) mass is 615 g/mol. The van der Waals surface area contributed by atoms with Crippen molar-refractivity contribution >= 4 is 29.5 Å². The van der Waals surface area contributed by atoms with Crippen LogP contribution in [-0.2, 0) is 19.2 Å². The third kappa shape index (κ3) is 9.41. The van der Waals surface area contributed by atoms with Crippen molar-refractivity contribution in [1.29, 1.82) is 0 Å². The van der Waals surface area contributed by atoms with Gasteiger partial charge in [-0.3, -0.25) is 19.2 Å². The number of urea groups is 1. The Bertz CT molecular complexity index is 1130. The number of likely N-dealkylation sites (tertiary alicyclic amines) is 1. The molecule has 5 atom stereocenters. The Morgan fingerprint density at radius 3 is 2.05 bits per heavy atom. The summed E-state index contributed by atoms with van der Waals surface area (Å²) < 4.78 is 0. The highest BCUT2D eigenvalue weighted by Crippen LogP contribution is 2.65. The number of piperidine rings is 1. The second kappa shape index (κ2) is 13.9. The average molecular weight is 616 g/mol. The van der Waals surface area contributed by atoms with Crippen LogP contribution < -0.4 is 21.3 Å². The van der Waals surface area contributed by atoms with Crippen molar-refractivity contribution in [2.75, 3.05) is 13.1 Å². The zero-order valence-corrected chi connectivity index (χ0v) is 28.7. The van der Waals surface area contributed by atoms with Crippen LogP contribution in [-0.4, -0.2) is 71.2 Å². The molecule has 0 bridgehead atoms. The molecule has 0 aromatic rings. The summed E-state index contributed by atoms with van der Waals surface area (Å²) >= 11 is 0. The van der Waals surface area contributed by atoms with Gasteiger partial charge in [0.25, 0.3) is 5.91 Å². The number of Topliss-reactive ketones (excluding diaryl/α,β-unsaturated/α-hetero) is 1. The first-order chi connectivity index (χ1) is 20.1. The maximum Gasteiger partial charge on any atom is 0.315 e. The molecule has 2 fully saturated rings. The Morgan fingerprint density at radius 1 is 0.932 bits per heavy atom. The quantitative estimate of drug-likeness (QED) is 0.132. The zero-order valence-electron chi connectivity index (χ0n) is 28.7. The van der Waals surface area contributed by atoms with Gasteiger partial charge in [-0.15, -0.1) is 13.2 Å². The van der Waals surface area contributed by atoms with Gasteiger partial charge in [-0.05, 0) is 67.6 Å². The second-order valence-electron chi connectivity index (χ2n) is 16.0. The van der Waals surface area contributed by atoms with Gasteiger partial charge in [0.15, 0.2) is 0 Å². The molecule has 44 heavy (non-hydrogen) atoms. The van der Waals surface area contributed by atoms with E-state index >= 15 is 0 Å². The van der Waals surface area contributed by atoms with Crippen LogP contribution in [0, 0.1) is 28.1 Å². The average Bonchev–Trinajstić information content (AvgIpc) is 3.19. The first-order valence-corrected chi connectivity index (χ1v) is 15.8. The lowest BCUT2D eigenvalue weighted by Gasteiger charge is -2.39. The van der Waals surface area contributed by atoms with Crippen LogP contribution in [0.2, 0.25) is 0 Å². The summed E-state index contributed by atoms with van der Waals surface area (Å²) in [6.07, 6.45) is 5.12. The number of nitrogens with zero attached hydrogens (tertiary/aromatic N) is 1. The van der Waals surface area contributed by atoms with Gasteiger partial charge >= 0.3 is 6.03 Å². The largest absolute Gasteiger partial charge is 0.349 e. The smallest absolute Gasteiger partial charge is 0.315 e. The van der Waals surface area contributed by atoms with E-state index in [1.165, 1.54) is 0 Å². The van der Waals surface area contributed by atoms with Gasteiger partial charge in [0, 0.05) is 18.6 Å². The molecule has 1 aliphatic heterocycles. The number of fused-ring (bicyclic) bond motifs is 1. The van der Waals surface area contributed by atoms with Gasteiger partial charge in [0.2, 0.25) is 17.6 Å². The van der Waals surface area contributed by atoms with Gasteiger partial charge in [0.1, 0.15) is 12.1 Å². The van der Waals surface area contributed by atoms with E-state index in [9.17, 15) is 24.0 Å². The standard InChI is InChI=1S/C34H57N5O5/c1-13-15-17-22(25(40)28(42)35-18-16-14-2)36-27(41)24-23-21(34(23,11)12)19-39(24)29(43)26(32(6,7)8)37-30(44)38-33(9,10)20-31(3,4)5/h13-14,21-24,26H,1-2,15-20H2,3-12H3,(H,35,42)(H,36,41)(H2,37,38,44)/t21?,22-,23+,24+,26-/m1/s1. The fraction of sp³-hybridized carbons (Fsp3) is 0.735. The molecule has 2 aliphatic rings. The maximum absolute atomic E-state index is 14.2. The molecule has 0 aromatic carbocycles. The number of ketones is 1. The fourth-order valence-corrected chi connectivity index (χ4v) is 6.82. The Morgan fingerprint density at radius 2 is 1.52 bits per heavy atom. The summed E-state index contributed by atoms with van der Waals surface area (Å²) in [5.41, 5.74) is -1.35. The highest BCUT2D eigenvalue weighted by atomic mass is 16.2. The summed E-state index contributed by atoms with van der Waals surface area (Å²) in [7, 11) is 0. The summed E-state index contributed by atoms with van der Waals surface area (Å²) in [5, 5.41) is 11.3. The number of hydrogen-bond donors (Lipinski definition) is 4. The summed E-state index contributed by atoms with van der Waals surface area (Å²) in [6.45, 7) is 27.9. The van der Waals surface area contributed by atoms with Crippen molar-refractivity contribution in [1.82, 2.24) is 26.2 Å². The van der Waals surface area contributed by atoms with Crippen LogP contribution >= 0.6 is 0 Å². The molecule has 0 radical (unpaired) electrons. The molecule has 0 spiro atoms. The molecule has 5 amide bonds. The van der Waals surface area contributed by atoms with Crippen molar-refractivity contribution in [2.24, 2.45) is 28.1 Å². The number of carbonyl (C=O) groups is 5. The number of hydrogen-bond acceptors (Lipinski definition) is 5. The first kappa shape index (κ1) is 37.0. The number of nitrogens with one attached hydrogen (secondary N) is 4. The van der Waals surface area contributed by atoms with E-state index in [0.29, 0.717) is 19.4 Å². The second-order valence-corrected chi connectivity index (χ2v) is 16.0. The number of rotatable bonds is 14. The van der Waals surface area contributed by atoms with Crippen LogP contribution in [0.15, 0.2) is 25.3 Å². The van der Waals surface area contributed by atoms with Crippen molar-refractivity contribution in [2.45, 2.75) is 119 Å². The van der Waals surface area contributed by atoms with E-state index in [1.807, 2.05) is 34.6 Å². The molecule has 1 unspecified atom stereocenters. The fourth-order valence-electron chi connectivity index (χ4n) is 6.82. The van der Waals surface area contributed by atoms with Crippen LogP contribution in [0.1, 0.15) is 94.9 Å². The van der Waals surface area contributed by atoms with Crippen molar-refractivity contribution < 1.29 is 24.0 Å². The predicted molar refractivity (Wildman–Crippen MR) is 174 cm³/mol. The molecule has 1 saturated heterocycles. The number of amides is 5. The molecule has 4 N–H and O–H groups in total. The van der Waals surface area contributed by atoms with Gasteiger partial charge in [-0.1, -0.05) is 67.5 Å². The van der Waals surface area contributed by atoms with E-state index in [0.717, 1.165) is 6.42 Å². The minimum Gasteiger partial charge on any atom is -0.349 e. The molecule has 1 saturated carbocycles. The zero-order chi connectivity index (χ0) is 33.8. The lowest BCUT2D eigenvalue weighted by atomic mass is 9.82. The van der Waals surface area contributed by atoms with Gasteiger partial charge in [-0.2, -0.15) is 0 Å². The van der Waals surface area contributed by atoms with Gasteiger partial charge in [0.05, 0.1) is 6.04 Å². The Labute approximate surface area is 264 Å². The third-order valence-corrected chi connectivity index (χ3v) is 8.72. The summed E-state index contributed by atoms with van der Waals surface area (Å²) in [4.78, 5) is 68.6. The highest BCUT2D eigenvalue weighted by Gasteiger charge is 2.70. The van der Waals surface area contributed by atoms with Gasteiger partial charge in [-0.25, -0.2) is 4.79 Å². The third-order valence-electron chi connectivity index (χ3n) is 8.72. The first-order valence-electron chi connectivity index (χ1n) is 15.8. The predicted octanol–water partition coefficient (Wildman–Crippen LogP) is 4.11. The van der Waals surface area contributed by atoms with E-state index < -0.39 is 52.7 Å². The Balaban J connectivity index is 2.30. The van der Waals surface area contributed by atoms with Crippen molar-refractivity contribution in [3.8, 4) is 0 Å². The number of allylic oxidation sites excluding steroid dienone is 1. The molecule has 2 rings (SSSR count). The Kier molecular flexibility index (Phi) is 11.7. The lowest BCUT2D eigenvalue weighted by molar-refractivity contribution is -0.145. The number of carbonyl (C=O) groups excluding carboxylic acids is 5. The van der Waals surface area contributed by atoms with E-state index in [-0.39, 0.29) is 41.5 Å². The SMILES string of the molecule is C=CCCNC(=O)C(=O)[C@@H](CCC=C)NC(=O)[C@@H]1[C@@H]2C(CN1C(=O)[C@@H](NC(=O)NC(C)(C)CC(C)(C)C)C(C)(C)C)C2(C)C. The van der Waals surface area contributed by atoms with E-state index in [1.54, 1.807) is 17.1 Å². The normalized spacial score (nSPS) is 22.1. The van der Waals surface area contributed by atoms with Gasteiger partial charge < -0.3 is 26.2 Å². The molecule has 10 nitrogen and oxygen atoms in total. The minimum atomic E-state index is -1.06. The van der Waals surface area contributed by atoms with Crippen molar-refractivity contribution in [3.63, 3.8) is 0 Å². The molecule has 248 valence electrons. The van der Waals surface area contributed by atoms with E-state index in [4.69, 9.17) is 0 Å². The molecular weight excluding hydrogens is 558 g/mol. The van der Waals surface area contributed by atoms with Crippen LogP contribution in [0.4, 0.5) is 4.79 Å². The van der Waals surface area contributed by atoms with Crippen LogP contribution in [0.3, 0.4) is 0 Å². The van der Waals surface area contributed by atoms with E-state index in [2.05, 4.69) is 69.0 Å². The minimum absolute atomic E-state index is 0.0167. The molecule has 0 aromatic heterocycles. The van der Waals surface area contributed by atoms with Crippen molar-refractivity contribution in [3.05, 3.63) is 25.3 Å². The molecule has 1 aliphatic carbocycles. The summed E-state index contributed by atoms with van der Waals surface area (Å²) in [6, 6.07) is -3.25. The highest BCUT2D eigenvalue weighted by molar-refractivity contribution is 6.38. The topological polar surface area (TPSA) is 137 Å². The molecular formula is C34H57N5O5. The Hall–Kier alpha value is -3.17.